The van der Waals surface area contributed by atoms with E-state index < -0.39 is 0 Å². The minimum atomic E-state index is -0.363. The Morgan fingerprint density at radius 1 is 1.37 bits per heavy atom. The Morgan fingerprint density at radius 2 is 2.00 bits per heavy atom. The number of rotatable bonds is 7. The minimum Gasteiger partial charge on any atom is -0.344 e. The molecule has 0 spiro atoms. The average Bonchev–Trinajstić information content (AvgIpc) is 2.42. The minimum absolute atomic E-state index is 0. The van der Waals surface area contributed by atoms with Crippen LogP contribution in [0.2, 0.25) is 0 Å². The van der Waals surface area contributed by atoms with Crippen LogP contribution in [0.1, 0.15) is 12.0 Å². The Morgan fingerprint density at radius 3 is 2.58 bits per heavy atom. The van der Waals surface area contributed by atoms with Gasteiger partial charge in [0.25, 0.3) is 0 Å². The molecule has 3 nitrogen and oxygen atoms in total. The molecule has 0 saturated heterocycles. The molecule has 0 unspecified atom stereocenters. The molecule has 0 bridgehead atoms. The van der Waals surface area contributed by atoms with Crippen molar-refractivity contribution in [3.8, 4) is 0 Å². The second-order valence-corrected chi connectivity index (χ2v) is 5.37. The quantitative estimate of drug-likeness (QED) is 0.840. The Kier molecular flexibility index (Phi) is 9.74. The summed E-state index contributed by atoms with van der Waals surface area (Å²) < 4.78 is 0. The lowest BCUT2D eigenvalue weighted by atomic mass is 10.1. The highest BCUT2D eigenvalue weighted by Crippen LogP contribution is 2.04. The number of nitrogens with zero attached hydrogens (tertiary/aromatic N) is 1. The van der Waals surface area contributed by atoms with Gasteiger partial charge in [0, 0.05) is 13.6 Å². The number of carbonyl (C=O) groups excluding carboxylic acids is 1. The molecule has 1 atom stereocenters. The van der Waals surface area contributed by atoms with Gasteiger partial charge in [0.05, 0.1) is 6.04 Å². The fourth-order valence-corrected chi connectivity index (χ4v) is 2.19. The number of likely N-dealkylation sites (N-methyl/N-ethyl adjacent to an activating group) is 1. The molecule has 0 aliphatic heterocycles. The van der Waals surface area contributed by atoms with Crippen LogP contribution in [0.25, 0.3) is 0 Å². The standard InChI is InChI=1S/C14H22N2OS.ClH/c1-16(14(17)13(15)9-11-18-2)10-8-12-6-4-3-5-7-12;/h3-7,13H,8-11,15H2,1-2H3;1H/t13-;/m0./s1. The number of nitrogens with two attached hydrogens (primary N) is 1. The lowest BCUT2D eigenvalue weighted by Crippen LogP contribution is -2.42. The molecule has 1 amide bonds. The summed E-state index contributed by atoms with van der Waals surface area (Å²) in [6, 6.07) is 9.82. The van der Waals surface area contributed by atoms with Crippen molar-refractivity contribution in [3.05, 3.63) is 35.9 Å². The van der Waals surface area contributed by atoms with Gasteiger partial charge < -0.3 is 10.6 Å². The van der Waals surface area contributed by atoms with Crippen molar-refractivity contribution in [3.63, 3.8) is 0 Å². The lowest BCUT2D eigenvalue weighted by Gasteiger charge is -2.21. The second-order valence-electron chi connectivity index (χ2n) is 4.38. The van der Waals surface area contributed by atoms with Gasteiger partial charge in [-0.05, 0) is 30.4 Å². The van der Waals surface area contributed by atoms with E-state index in [1.165, 1.54) is 5.56 Å². The molecule has 1 aromatic carbocycles. The van der Waals surface area contributed by atoms with Crippen LogP contribution in [0.3, 0.4) is 0 Å². The smallest absolute Gasteiger partial charge is 0.239 e. The summed E-state index contributed by atoms with van der Waals surface area (Å²) in [5.74, 6) is 0.972. The largest absolute Gasteiger partial charge is 0.344 e. The van der Waals surface area contributed by atoms with Gasteiger partial charge in [-0.1, -0.05) is 30.3 Å². The summed E-state index contributed by atoms with van der Waals surface area (Å²) >= 11 is 1.72. The molecule has 0 saturated carbocycles. The molecular formula is C14H23ClN2OS. The predicted molar refractivity (Wildman–Crippen MR) is 86.0 cm³/mol. The molecule has 1 aromatic rings. The van der Waals surface area contributed by atoms with E-state index in [0.29, 0.717) is 0 Å². The van der Waals surface area contributed by atoms with E-state index in [9.17, 15) is 4.79 Å². The number of hydrogen-bond acceptors (Lipinski definition) is 3. The van der Waals surface area contributed by atoms with Crippen LogP contribution in [-0.2, 0) is 11.2 Å². The molecule has 1 rings (SSSR count). The van der Waals surface area contributed by atoms with Crippen molar-refractivity contribution >= 4 is 30.1 Å². The molecule has 2 N–H and O–H groups in total. The van der Waals surface area contributed by atoms with E-state index in [-0.39, 0.29) is 24.4 Å². The van der Waals surface area contributed by atoms with Crippen LogP contribution >= 0.6 is 24.2 Å². The van der Waals surface area contributed by atoms with Gasteiger partial charge in [0.2, 0.25) is 5.91 Å². The van der Waals surface area contributed by atoms with Gasteiger partial charge >= 0.3 is 0 Å². The molecule has 19 heavy (non-hydrogen) atoms. The molecule has 5 heteroatoms. The zero-order valence-electron chi connectivity index (χ0n) is 11.5. The van der Waals surface area contributed by atoms with Crippen LogP contribution in [0.4, 0.5) is 0 Å². The number of benzene rings is 1. The first-order valence-corrected chi connectivity index (χ1v) is 7.58. The summed E-state index contributed by atoms with van der Waals surface area (Å²) in [5.41, 5.74) is 7.11. The zero-order chi connectivity index (χ0) is 13.4. The fourth-order valence-electron chi connectivity index (χ4n) is 1.70. The third-order valence-corrected chi connectivity index (χ3v) is 3.55. The average molecular weight is 303 g/mol. The summed E-state index contributed by atoms with van der Waals surface area (Å²) in [6.45, 7) is 0.718. The van der Waals surface area contributed by atoms with Gasteiger partial charge in [-0.3, -0.25) is 4.79 Å². The Hall–Kier alpha value is -0.710. The molecule has 0 heterocycles. The first kappa shape index (κ1) is 18.3. The normalized spacial score (nSPS) is 11.5. The first-order chi connectivity index (χ1) is 8.65. The molecule has 0 aliphatic rings. The second kappa shape index (κ2) is 10.1. The Bertz CT molecular complexity index is 362. The van der Waals surface area contributed by atoms with E-state index in [1.807, 2.05) is 31.5 Å². The number of hydrogen-bond donors (Lipinski definition) is 1. The van der Waals surface area contributed by atoms with Crippen LogP contribution in [0.15, 0.2) is 30.3 Å². The van der Waals surface area contributed by atoms with Crippen molar-refractivity contribution in [2.45, 2.75) is 18.9 Å². The van der Waals surface area contributed by atoms with Crippen molar-refractivity contribution in [1.29, 1.82) is 0 Å². The maximum Gasteiger partial charge on any atom is 0.239 e. The third kappa shape index (κ3) is 6.85. The van der Waals surface area contributed by atoms with Gasteiger partial charge in [0.15, 0.2) is 0 Å². The number of amides is 1. The van der Waals surface area contributed by atoms with E-state index in [1.54, 1.807) is 16.7 Å². The lowest BCUT2D eigenvalue weighted by molar-refractivity contribution is -0.131. The fraction of sp³-hybridized carbons (Fsp3) is 0.500. The predicted octanol–water partition coefficient (Wildman–Crippen LogP) is 2.19. The monoisotopic (exact) mass is 302 g/mol. The molecule has 0 aliphatic carbocycles. The van der Waals surface area contributed by atoms with Crippen molar-refractivity contribution < 1.29 is 4.79 Å². The van der Waals surface area contributed by atoms with Gasteiger partial charge in [-0.15, -0.1) is 12.4 Å². The van der Waals surface area contributed by atoms with Gasteiger partial charge in [0.1, 0.15) is 0 Å². The zero-order valence-corrected chi connectivity index (χ0v) is 13.2. The van der Waals surface area contributed by atoms with Gasteiger partial charge in [-0.2, -0.15) is 11.8 Å². The molecule has 0 aromatic heterocycles. The van der Waals surface area contributed by atoms with E-state index in [4.69, 9.17) is 5.73 Å². The molecule has 108 valence electrons. The number of carbonyl (C=O) groups is 1. The SMILES string of the molecule is CSCC[C@H](N)C(=O)N(C)CCc1ccccc1.Cl. The highest BCUT2D eigenvalue weighted by Gasteiger charge is 2.17. The van der Waals surface area contributed by atoms with Crippen molar-refractivity contribution in [2.24, 2.45) is 5.73 Å². The van der Waals surface area contributed by atoms with Crippen LogP contribution in [0.5, 0.6) is 0 Å². The van der Waals surface area contributed by atoms with E-state index in [0.717, 1.165) is 25.1 Å². The van der Waals surface area contributed by atoms with Crippen LogP contribution in [-0.4, -0.2) is 42.4 Å². The summed E-state index contributed by atoms with van der Waals surface area (Å²) in [6.07, 6.45) is 3.64. The molecule has 0 fully saturated rings. The molecule has 0 radical (unpaired) electrons. The van der Waals surface area contributed by atoms with Crippen molar-refractivity contribution in [1.82, 2.24) is 4.90 Å². The molecular weight excluding hydrogens is 280 g/mol. The third-order valence-electron chi connectivity index (χ3n) is 2.91. The summed E-state index contributed by atoms with van der Waals surface area (Å²) in [5, 5.41) is 0. The van der Waals surface area contributed by atoms with Gasteiger partial charge in [-0.25, -0.2) is 0 Å². The Labute approximate surface area is 126 Å². The number of halogens is 1. The van der Waals surface area contributed by atoms with E-state index in [2.05, 4.69) is 12.1 Å². The maximum absolute atomic E-state index is 12.0. The first-order valence-electron chi connectivity index (χ1n) is 6.18. The topological polar surface area (TPSA) is 46.3 Å². The van der Waals surface area contributed by atoms with Crippen LogP contribution < -0.4 is 5.73 Å². The maximum atomic E-state index is 12.0. The Balaban J connectivity index is 0.00000324. The highest BCUT2D eigenvalue weighted by atomic mass is 35.5. The van der Waals surface area contributed by atoms with Crippen LogP contribution in [0, 0.1) is 0 Å². The van der Waals surface area contributed by atoms with Crippen molar-refractivity contribution in [2.75, 3.05) is 25.6 Å². The number of thioether (sulfide) groups is 1. The summed E-state index contributed by atoms with van der Waals surface area (Å²) in [4.78, 5) is 13.7. The summed E-state index contributed by atoms with van der Waals surface area (Å²) in [7, 11) is 1.82. The highest BCUT2D eigenvalue weighted by molar-refractivity contribution is 7.98. The van der Waals surface area contributed by atoms with E-state index >= 15 is 0 Å².